The number of aryl methyl sites for hydroxylation is 1. The fraction of sp³-hybridized carbons (Fsp3) is 0.333. The Morgan fingerprint density at radius 2 is 2.00 bits per heavy atom. The molecule has 0 atom stereocenters. The third kappa shape index (κ3) is 3.21. The molecule has 1 amide bonds. The molecule has 1 rings (SSSR count). The van der Waals surface area contributed by atoms with E-state index in [0.29, 0.717) is 17.9 Å². The molecule has 5 heteroatoms. The van der Waals surface area contributed by atoms with Gasteiger partial charge in [-0.25, -0.2) is 0 Å². The summed E-state index contributed by atoms with van der Waals surface area (Å²) in [6.07, 6.45) is 0.106. The molecule has 0 aliphatic heterocycles. The van der Waals surface area contributed by atoms with Gasteiger partial charge in [0.15, 0.2) is 0 Å². The van der Waals surface area contributed by atoms with Gasteiger partial charge in [0.25, 0.3) is 5.91 Å². The molecule has 92 valence electrons. The third-order valence-electron chi connectivity index (χ3n) is 2.37. The lowest BCUT2D eigenvalue weighted by atomic mass is 10.0. The summed E-state index contributed by atoms with van der Waals surface area (Å²) in [5.41, 5.74) is 12.9. The highest BCUT2D eigenvalue weighted by molar-refractivity contribution is 5.99. The van der Waals surface area contributed by atoms with E-state index >= 15 is 0 Å². The van der Waals surface area contributed by atoms with Gasteiger partial charge < -0.3 is 16.2 Å². The Labute approximate surface area is 99.7 Å². The summed E-state index contributed by atoms with van der Waals surface area (Å²) in [7, 11) is 0. The van der Waals surface area contributed by atoms with Crippen molar-refractivity contribution in [2.75, 3.05) is 12.3 Å². The molecular formula is C12H16N2O3. The van der Waals surface area contributed by atoms with Crippen LogP contribution in [0.4, 0.5) is 5.69 Å². The van der Waals surface area contributed by atoms with Gasteiger partial charge in [0, 0.05) is 5.69 Å². The summed E-state index contributed by atoms with van der Waals surface area (Å²) in [4.78, 5) is 22.5. The number of amides is 1. The van der Waals surface area contributed by atoms with Crippen LogP contribution in [0.2, 0.25) is 0 Å². The Kier molecular flexibility index (Phi) is 4.09. The highest BCUT2D eigenvalue weighted by Crippen LogP contribution is 2.19. The zero-order valence-electron chi connectivity index (χ0n) is 9.95. The normalized spacial score (nSPS) is 10.0. The number of rotatable bonds is 4. The maximum atomic E-state index is 11.3. The van der Waals surface area contributed by atoms with Crippen LogP contribution in [0, 0.1) is 6.92 Å². The van der Waals surface area contributed by atoms with Crippen molar-refractivity contribution in [3.63, 3.8) is 0 Å². The van der Waals surface area contributed by atoms with E-state index in [1.165, 1.54) is 6.07 Å². The van der Waals surface area contributed by atoms with Crippen LogP contribution in [0.3, 0.4) is 0 Å². The highest BCUT2D eigenvalue weighted by atomic mass is 16.5. The van der Waals surface area contributed by atoms with E-state index in [1.807, 2.05) is 0 Å². The number of hydrogen-bond donors (Lipinski definition) is 2. The fourth-order valence-corrected chi connectivity index (χ4v) is 1.56. The smallest absolute Gasteiger partial charge is 0.310 e. The minimum atomic E-state index is -0.601. The maximum absolute atomic E-state index is 11.3. The molecule has 0 bridgehead atoms. The number of primary amides is 1. The number of benzene rings is 1. The van der Waals surface area contributed by atoms with Gasteiger partial charge >= 0.3 is 5.97 Å². The molecule has 0 unspecified atom stereocenters. The van der Waals surface area contributed by atoms with Crippen LogP contribution in [-0.4, -0.2) is 18.5 Å². The second kappa shape index (κ2) is 5.34. The Balaban J connectivity index is 3.02. The van der Waals surface area contributed by atoms with Gasteiger partial charge in [-0.3, -0.25) is 9.59 Å². The number of anilines is 1. The molecule has 4 N–H and O–H groups in total. The van der Waals surface area contributed by atoms with E-state index in [9.17, 15) is 9.59 Å². The van der Waals surface area contributed by atoms with E-state index in [2.05, 4.69) is 0 Å². The molecule has 0 radical (unpaired) electrons. The van der Waals surface area contributed by atoms with Crippen molar-refractivity contribution < 1.29 is 14.3 Å². The SMILES string of the molecule is CCOC(=O)Cc1cc(C)c(N)c(C(N)=O)c1. The average molecular weight is 236 g/mol. The summed E-state index contributed by atoms with van der Waals surface area (Å²) < 4.78 is 4.83. The number of nitrogen functional groups attached to an aromatic ring is 1. The first-order chi connectivity index (χ1) is 7.95. The highest BCUT2D eigenvalue weighted by Gasteiger charge is 2.12. The first-order valence-electron chi connectivity index (χ1n) is 5.30. The molecule has 5 nitrogen and oxygen atoms in total. The number of ether oxygens (including phenoxy) is 1. The van der Waals surface area contributed by atoms with Crippen LogP contribution < -0.4 is 11.5 Å². The van der Waals surface area contributed by atoms with Crippen LogP contribution >= 0.6 is 0 Å². The maximum Gasteiger partial charge on any atom is 0.310 e. The Morgan fingerprint density at radius 3 is 2.53 bits per heavy atom. The Morgan fingerprint density at radius 1 is 1.35 bits per heavy atom. The molecule has 1 aromatic rings. The van der Waals surface area contributed by atoms with Crippen LogP contribution in [0.25, 0.3) is 0 Å². The number of carbonyl (C=O) groups is 2. The summed E-state index contributed by atoms with van der Waals surface area (Å²) >= 11 is 0. The molecule has 0 aliphatic rings. The van der Waals surface area contributed by atoms with E-state index in [1.54, 1.807) is 19.9 Å². The molecule has 0 heterocycles. The van der Waals surface area contributed by atoms with Crippen LogP contribution in [0.1, 0.15) is 28.4 Å². The van der Waals surface area contributed by atoms with E-state index in [-0.39, 0.29) is 18.0 Å². The molecule has 1 aromatic carbocycles. The Bertz CT molecular complexity index is 455. The zero-order valence-corrected chi connectivity index (χ0v) is 9.95. The van der Waals surface area contributed by atoms with E-state index < -0.39 is 5.91 Å². The first-order valence-corrected chi connectivity index (χ1v) is 5.30. The summed E-state index contributed by atoms with van der Waals surface area (Å²) in [6.45, 7) is 3.83. The van der Waals surface area contributed by atoms with Crippen molar-refractivity contribution >= 4 is 17.6 Å². The monoisotopic (exact) mass is 236 g/mol. The zero-order chi connectivity index (χ0) is 13.0. The van der Waals surface area contributed by atoms with Gasteiger partial charge in [-0.2, -0.15) is 0 Å². The predicted molar refractivity (Wildman–Crippen MR) is 64.4 cm³/mol. The summed E-state index contributed by atoms with van der Waals surface area (Å²) in [6, 6.07) is 3.28. The quantitative estimate of drug-likeness (QED) is 0.596. The molecule has 0 saturated carbocycles. The van der Waals surface area contributed by atoms with E-state index in [0.717, 1.165) is 5.56 Å². The van der Waals surface area contributed by atoms with Crippen LogP contribution in [0.15, 0.2) is 12.1 Å². The fourth-order valence-electron chi connectivity index (χ4n) is 1.56. The standard InChI is InChI=1S/C12H16N2O3/c1-3-17-10(15)6-8-4-7(2)11(13)9(5-8)12(14)16/h4-5H,3,6,13H2,1-2H3,(H2,14,16). The molecule has 0 aromatic heterocycles. The number of carbonyl (C=O) groups excluding carboxylic acids is 2. The summed E-state index contributed by atoms with van der Waals surface area (Å²) in [5, 5.41) is 0. The van der Waals surface area contributed by atoms with Gasteiger partial charge in [-0.05, 0) is 31.0 Å². The molecule has 0 aliphatic carbocycles. The van der Waals surface area contributed by atoms with Crippen molar-refractivity contribution in [1.82, 2.24) is 0 Å². The number of esters is 1. The van der Waals surface area contributed by atoms with Gasteiger partial charge in [-0.1, -0.05) is 6.07 Å². The molecule has 0 saturated heterocycles. The van der Waals surface area contributed by atoms with Gasteiger partial charge in [0.2, 0.25) is 0 Å². The average Bonchev–Trinajstić information content (AvgIpc) is 2.23. The third-order valence-corrected chi connectivity index (χ3v) is 2.37. The van der Waals surface area contributed by atoms with Crippen LogP contribution in [0.5, 0.6) is 0 Å². The lowest BCUT2D eigenvalue weighted by molar-refractivity contribution is -0.142. The van der Waals surface area contributed by atoms with Gasteiger partial charge in [0.05, 0.1) is 18.6 Å². The lowest BCUT2D eigenvalue weighted by Gasteiger charge is -2.09. The second-order valence-corrected chi connectivity index (χ2v) is 3.72. The minimum Gasteiger partial charge on any atom is -0.466 e. The van der Waals surface area contributed by atoms with Crippen molar-refractivity contribution in [2.45, 2.75) is 20.3 Å². The Hall–Kier alpha value is -2.04. The van der Waals surface area contributed by atoms with Gasteiger partial charge in [0.1, 0.15) is 0 Å². The van der Waals surface area contributed by atoms with E-state index in [4.69, 9.17) is 16.2 Å². The topological polar surface area (TPSA) is 95.4 Å². The molecule has 0 fully saturated rings. The van der Waals surface area contributed by atoms with Crippen LogP contribution in [-0.2, 0) is 16.0 Å². The summed E-state index contributed by atoms with van der Waals surface area (Å²) in [5.74, 6) is -0.941. The largest absolute Gasteiger partial charge is 0.466 e. The molecule has 17 heavy (non-hydrogen) atoms. The molecule has 0 spiro atoms. The van der Waals surface area contributed by atoms with Gasteiger partial charge in [-0.15, -0.1) is 0 Å². The first kappa shape index (κ1) is 13.0. The molecular weight excluding hydrogens is 220 g/mol. The van der Waals surface area contributed by atoms with Crippen molar-refractivity contribution in [3.05, 3.63) is 28.8 Å². The number of nitrogens with two attached hydrogens (primary N) is 2. The van der Waals surface area contributed by atoms with Crippen molar-refractivity contribution in [3.8, 4) is 0 Å². The number of hydrogen-bond acceptors (Lipinski definition) is 4. The van der Waals surface area contributed by atoms with Crippen molar-refractivity contribution in [2.24, 2.45) is 5.73 Å². The second-order valence-electron chi connectivity index (χ2n) is 3.72. The minimum absolute atomic E-state index is 0.106. The predicted octanol–water partition coefficient (Wildman–Crippen LogP) is 0.782. The van der Waals surface area contributed by atoms with Crippen molar-refractivity contribution in [1.29, 1.82) is 0 Å². The lowest BCUT2D eigenvalue weighted by Crippen LogP contribution is -2.16.